The molecule has 1 amide bonds. The molecule has 4 nitrogen and oxygen atoms in total. The Morgan fingerprint density at radius 3 is 2.48 bits per heavy atom. The van der Waals surface area contributed by atoms with Crippen LogP contribution in [0.2, 0.25) is 0 Å². The van der Waals surface area contributed by atoms with E-state index in [1.54, 1.807) is 0 Å². The Morgan fingerprint density at radius 2 is 1.76 bits per heavy atom. The van der Waals surface area contributed by atoms with Crippen LogP contribution < -0.4 is 5.32 Å². The highest BCUT2D eigenvalue weighted by Gasteiger charge is 2.18. The van der Waals surface area contributed by atoms with Gasteiger partial charge in [0.2, 0.25) is 0 Å². The summed E-state index contributed by atoms with van der Waals surface area (Å²) >= 11 is 0. The van der Waals surface area contributed by atoms with Gasteiger partial charge in [0.1, 0.15) is 0 Å². The largest absolute Gasteiger partial charge is 0.443 e. The maximum absolute atomic E-state index is 12.3. The van der Waals surface area contributed by atoms with Crippen LogP contribution in [-0.4, -0.2) is 10.9 Å². The molecule has 0 spiro atoms. The lowest BCUT2D eigenvalue weighted by Crippen LogP contribution is -2.13. The van der Waals surface area contributed by atoms with Crippen LogP contribution in [0.25, 0.3) is 11.3 Å². The minimum absolute atomic E-state index is 0.279. The highest BCUT2D eigenvalue weighted by atomic mass is 16.3. The lowest BCUT2D eigenvalue weighted by atomic mass is 10.1. The summed E-state index contributed by atoms with van der Waals surface area (Å²) in [5.41, 5.74) is 2.97. The fraction of sp³-hybridized carbons (Fsp3) is 0.0588. The first-order chi connectivity index (χ1) is 10.2. The molecule has 4 heteroatoms. The van der Waals surface area contributed by atoms with Gasteiger partial charge in [-0.1, -0.05) is 48.0 Å². The van der Waals surface area contributed by atoms with Crippen molar-refractivity contribution in [3.8, 4) is 11.3 Å². The molecular weight excluding hydrogens is 264 g/mol. The molecule has 3 rings (SSSR count). The zero-order valence-electron chi connectivity index (χ0n) is 11.5. The van der Waals surface area contributed by atoms with Crippen LogP contribution in [-0.2, 0) is 0 Å². The molecule has 0 saturated heterocycles. The van der Waals surface area contributed by atoms with E-state index in [-0.39, 0.29) is 11.6 Å². The molecule has 1 aromatic heterocycles. The van der Waals surface area contributed by atoms with Crippen molar-refractivity contribution in [2.45, 2.75) is 6.92 Å². The standard InChI is InChI=1S/C17H14N2O2/c1-12-7-9-14(10-8-12)19-17(20)15-16(21-11-18-15)13-5-3-2-4-6-13/h2-11H,1H3,(H,19,20). The van der Waals surface area contributed by atoms with Crippen molar-refractivity contribution in [1.82, 2.24) is 4.98 Å². The Balaban J connectivity index is 1.86. The SMILES string of the molecule is Cc1ccc(NC(=O)c2ncoc2-c2ccccc2)cc1. The van der Waals surface area contributed by atoms with Gasteiger partial charge in [0.15, 0.2) is 17.8 Å². The van der Waals surface area contributed by atoms with Crippen molar-refractivity contribution < 1.29 is 9.21 Å². The van der Waals surface area contributed by atoms with Crippen molar-refractivity contribution in [1.29, 1.82) is 0 Å². The average Bonchev–Trinajstić information content (AvgIpc) is 3.00. The minimum Gasteiger partial charge on any atom is -0.443 e. The number of nitrogens with one attached hydrogen (secondary N) is 1. The minimum atomic E-state index is -0.286. The van der Waals surface area contributed by atoms with Gasteiger partial charge < -0.3 is 9.73 Å². The number of aromatic nitrogens is 1. The van der Waals surface area contributed by atoms with Gasteiger partial charge in [0.25, 0.3) is 5.91 Å². The number of amides is 1. The first kappa shape index (κ1) is 13.1. The van der Waals surface area contributed by atoms with E-state index in [9.17, 15) is 4.79 Å². The quantitative estimate of drug-likeness (QED) is 0.790. The van der Waals surface area contributed by atoms with Crippen molar-refractivity contribution in [2.75, 3.05) is 5.32 Å². The van der Waals surface area contributed by atoms with Crippen molar-refractivity contribution in [3.63, 3.8) is 0 Å². The molecule has 0 saturated carbocycles. The average molecular weight is 278 g/mol. The van der Waals surface area contributed by atoms with Crippen LogP contribution in [0.15, 0.2) is 65.4 Å². The normalized spacial score (nSPS) is 10.3. The third-order valence-corrected chi connectivity index (χ3v) is 3.13. The van der Waals surface area contributed by atoms with Gasteiger partial charge in [0, 0.05) is 11.3 Å². The van der Waals surface area contributed by atoms with Crippen LogP contribution in [0.3, 0.4) is 0 Å². The maximum atomic E-state index is 12.3. The van der Waals surface area contributed by atoms with Crippen LogP contribution in [0.4, 0.5) is 5.69 Å². The second-order valence-corrected chi connectivity index (χ2v) is 4.72. The summed E-state index contributed by atoms with van der Waals surface area (Å²) in [4.78, 5) is 16.3. The summed E-state index contributed by atoms with van der Waals surface area (Å²) in [6.07, 6.45) is 1.28. The van der Waals surface area contributed by atoms with E-state index in [2.05, 4.69) is 10.3 Å². The summed E-state index contributed by atoms with van der Waals surface area (Å²) in [5, 5.41) is 2.82. The Hall–Kier alpha value is -2.88. The zero-order chi connectivity index (χ0) is 14.7. The molecule has 0 unspecified atom stereocenters. The van der Waals surface area contributed by atoms with E-state index in [0.717, 1.165) is 16.8 Å². The van der Waals surface area contributed by atoms with Gasteiger partial charge in [-0.05, 0) is 19.1 Å². The third-order valence-electron chi connectivity index (χ3n) is 3.13. The number of oxazole rings is 1. The molecule has 21 heavy (non-hydrogen) atoms. The highest BCUT2D eigenvalue weighted by molar-refractivity contribution is 6.06. The van der Waals surface area contributed by atoms with E-state index in [1.807, 2.05) is 61.5 Å². The molecule has 3 aromatic rings. The fourth-order valence-corrected chi connectivity index (χ4v) is 2.03. The summed E-state index contributed by atoms with van der Waals surface area (Å²) < 4.78 is 5.36. The maximum Gasteiger partial charge on any atom is 0.278 e. The summed E-state index contributed by atoms with van der Waals surface area (Å²) in [7, 11) is 0. The lowest BCUT2D eigenvalue weighted by molar-refractivity contribution is 0.102. The lowest BCUT2D eigenvalue weighted by Gasteiger charge is -2.05. The van der Waals surface area contributed by atoms with Crippen molar-refractivity contribution in [3.05, 3.63) is 72.2 Å². The number of benzene rings is 2. The molecule has 1 N–H and O–H groups in total. The number of hydrogen-bond donors (Lipinski definition) is 1. The smallest absolute Gasteiger partial charge is 0.278 e. The molecule has 0 aliphatic heterocycles. The van der Waals surface area contributed by atoms with Crippen molar-refractivity contribution in [2.24, 2.45) is 0 Å². The zero-order valence-corrected chi connectivity index (χ0v) is 11.5. The number of anilines is 1. The van der Waals surface area contributed by atoms with E-state index < -0.39 is 0 Å². The monoisotopic (exact) mass is 278 g/mol. The number of hydrogen-bond acceptors (Lipinski definition) is 3. The van der Waals surface area contributed by atoms with Gasteiger partial charge in [-0.15, -0.1) is 0 Å². The first-order valence-electron chi connectivity index (χ1n) is 6.61. The molecule has 0 fully saturated rings. The predicted octanol–water partition coefficient (Wildman–Crippen LogP) is 3.90. The topological polar surface area (TPSA) is 55.1 Å². The Bertz CT molecular complexity index is 746. The third kappa shape index (κ3) is 2.84. The first-order valence-corrected chi connectivity index (χ1v) is 6.61. The van der Waals surface area contributed by atoms with Crippen LogP contribution in [0.1, 0.15) is 16.1 Å². The molecule has 0 aliphatic rings. The molecule has 0 bridgehead atoms. The summed E-state index contributed by atoms with van der Waals surface area (Å²) in [6.45, 7) is 2.00. The van der Waals surface area contributed by atoms with Crippen LogP contribution >= 0.6 is 0 Å². The molecule has 0 radical (unpaired) electrons. The van der Waals surface area contributed by atoms with Gasteiger partial charge in [-0.25, -0.2) is 4.98 Å². The Morgan fingerprint density at radius 1 is 1.05 bits per heavy atom. The predicted molar refractivity (Wildman–Crippen MR) is 81.1 cm³/mol. The molecule has 0 atom stereocenters. The number of aryl methyl sites for hydroxylation is 1. The van der Waals surface area contributed by atoms with Gasteiger partial charge >= 0.3 is 0 Å². The summed E-state index contributed by atoms with van der Waals surface area (Å²) in [6, 6.07) is 17.0. The van der Waals surface area contributed by atoms with E-state index >= 15 is 0 Å². The van der Waals surface area contributed by atoms with Gasteiger partial charge in [0.05, 0.1) is 0 Å². The number of carbonyl (C=O) groups excluding carboxylic acids is 1. The van der Waals surface area contributed by atoms with E-state index in [1.165, 1.54) is 6.39 Å². The number of nitrogens with zero attached hydrogens (tertiary/aromatic N) is 1. The molecule has 1 heterocycles. The second-order valence-electron chi connectivity index (χ2n) is 4.72. The van der Waals surface area contributed by atoms with E-state index in [0.29, 0.717) is 5.76 Å². The van der Waals surface area contributed by atoms with Crippen LogP contribution in [0.5, 0.6) is 0 Å². The highest BCUT2D eigenvalue weighted by Crippen LogP contribution is 2.23. The Labute approximate surface area is 122 Å². The van der Waals surface area contributed by atoms with Gasteiger partial charge in [-0.3, -0.25) is 4.79 Å². The van der Waals surface area contributed by atoms with Crippen molar-refractivity contribution >= 4 is 11.6 Å². The second kappa shape index (κ2) is 5.63. The number of rotatable bonds is 3. The molecule has 0 aliphatic carbocycles. The molecule has 104 valence electrons. The fourth-order valence-electron chi connectivity index (χ4n) is 2.03. The van der Waals surface area contributed by atoms with Gasteiger partial charge in [-0.2, -0.15) is 0 Å². The Kier molecular flexibility index (Phi) is 3.51. The number of carbonyl (C=O) groups is 1. The molecular formula is C17H14N2O2. The van der Waals surface area contributed by atoms with Crippen LogP contribution in [0, 0.1) is 6.92 Å². The molecule has 2 aromatic carbocycles. The summed E-state index contributed by atoms with van der Waals surface area (Å²) in [5.74, 6) is 0.187. The van der Waals surface area contributed by atoms with E-state index in [4.69, 9.17) is 4.42 Å².